The molecule has 3 heteroatoms. The van der Waals surface area contributed by atoms with Crippen LogP contribution in [0.4, 0.5) is 0 Å². The lowest BCUT2D eigenvalue weighted by atomic mass is 10.0. The summed E-state index contributed by atoms with van der Waals surface area (Å²) >= 11 is 0. The van der Waals surface area contributed by atoms with E-state index in [2.05, 4.69) is 43.0 Å². The van der Waals surface area contributed by atoms with Gasteiger partial charge in [0.05, 0.1) is 12.3 Å². The molecule has 0 N–H and O–H groups in total. The first-order valence-corrected chi connectivity index (χ1v) is 5.92. The van der Waals surface area contributed by atoms with Crippen molar-refractivity contribution in [1.29, 1.82) is 0 Å². The molecule has 0 unspecified atom stereocenters. The zero-order chi connectivity index (χ0) is 12.7. The summed E-state index contributed by atoms with van der Waals surface area (Å²) in [6.07, 6.45) is 4.93. The molecule has 1 aromatic heterocycles. The highest BCUT2D eigenvalue weighted by molar-refractivity contribution is 5.67. The lowest BCUT2D eigenvalue weighted by Gasteiger charge is -2.15. The van der Waals surface area contributed by atoms with Crippen LogP contribution in [-0.4, -0.2) is 37.7 Å². The molecule has 17 heavy (non-hydrogen) atoms. The van der Waals surface area contributed by atoms with Gasteiger partial charge in [-0.15, -0.1) is 0 Å². The van der Waals surface area contributed by atoms with Gasteiger partial charge in [-0.2, -0.15) is 0 Å². The van der Waals surface area contributed by atoms with Crippen LogP contribution in [0.1, 0.15) is 24.6 Å². The van der Waals surface area contributed by atoms with E-state index in [0.717, 1.165) is 25.3 Å². The van der Waals surface area contributed by atoms with Crippen molar-refractivity contribution in [2.75, 3.05) is 27.8 Å². The predicted molar refractivity (Wildman–Crippen MR) is 71.8 cm³/mol. The van der Waals surface area contributed by atoms with Crippen LogP contribution in [0.3, 0.4) is 0 Å². The second kappa shape index (κ2) is 7.20. The summed E-state index contributed by atoms with van der Waals surface area (Å²) in [6.45, 7) is 3.67. The van der Waals surface area contributed by atoms with Crippen molar-refractivity contribution < 1.29 is 4.74 Å². The van der Waals surface area contributed by atoms with Crippen molar-refractivity contribution in [1.82, 2.24) is 9.88 Å². The summed E-state index contributed by atoms with van der Waals surface area (Å²) in [5.74, 6) is 0. The van der Waals surface area contributed by atoms with Gasteiger partial charge < -0.3 is 9.64 Å². The van der Waals surface area contributed by atoms with Crippen molar-refractivity contribution in [2.24, 2.45) is 0 Å². The zero-order valence-electron chi connectivity index (χ0n) is 11.2. The highest BCUT2D eigenvalue weighted by Gasteiger charge is 2.08. The second-order valence-corrected chi connectivity index (χ2v) is 4.29. The van der Waals surface area contributed by atoms with E-state index >= 15 is 0 Å². The Morgan fingerprint density at radius 2 is 2.24 bits per heavy atom. The van der Waals surface area contributed by atoms with Gasteiger partial charge in [0, 0.05) is 25.4 Å². The molecule has 0 fully saturated rings. The Bertz CT molecular complexity index is 372. The highest BCUT2D eigenvalue weighted by Crippen LogP contribution is 2.21. The van der Waals surface area contributed by atoms with Crippen LogP contribution in [0, 0.1) is 0 Å². The first-order valence-electron chi connectivity index (χ1n) is 5.92. The minimum atomic E-state index is 0.746. The molecule has 94 valence electrons. The average molecular weight is 234 g/mol. The predicted octanol–water partition coefficient (Wildman–Crippen LogP) is 2.58. The SMILES string of the molecule is C/C=C(\CCOC)c1cccnc1CN(C)C. The number of hydrogen-bond donors (Lipinski definition) is 0. The Balaban J connectivity index is 2.94. The van der Waals surface area contributed by atoms with E-state index in [1.807, 2.05) is 12.3 Å². The van der Waals surface area contributed by atoms with Crippen molar-refractivity contribution in [3.8, 4) is 0 Å². The fourth-order valence-corrected chi connectivity index (χ4v) is 1.80. The van der Waals surface area contributed by atoms with Gasteiger partial charge in [0.25, 0.3) is 0 Å². The fourth-order valence-electron chi connectivity index (χ4n) is 1.80. The van der Waals surface area contributed by atoms with Gasteiger partial charge in [0.1, 0.15) is 0 Å². The molecular formula is C14H22N2O. The van der Waals surface area contributed by atoms with Crippen LogP contribution in [-0.2, 0) is 11.3 Å². The molecule has 1 rings (SSSR count). The van der Waals surface area contributed by atoms with Crippen LogP contribution in [0.2, 0.25) is 0 Å². The number of pyridine rings is 1. The lowest BCUT2D eigenvalue weighted by molar-refractivity contribution is 0.206. The monoisotopic (exact) mass is 234 g/mol. The molecule has 0 aliphatic heterocycles. The van der Waals surface area contributed by atoms with Crippen molar-refractivity contribution in [2.45, 2.75) is 19.9 Å². The third-order valence-electron chi connectivity index (χ3n) is 2.63. The Hall–Kier alpha value is -1.19. The van der Waals surface area contributed by atoms with E-state index in [4.69, 9.17) is 4.74 Å². The third-order valence-corrected chi connectivity index (χ3v) is 2.63. The van der Waals surface area contributed by atoms with Gasteiger partial charge in [-0.25, -0.2) is 0 Å². The number of ether oxygens (including phenoxy) is 1. The number of nitrogens with zero attached hydrogens (tertiary/aromatic N) is 2. The molecule has 0 aliphatic carbocycles. The zero-order valence-corrected chi connectivity index (χ0v) is 11.2. The number of methoxy groups -OCH3 is 1. The van der Waals surface area contributed by atoms with Crippen molar-refractivity contribution in [3.63, 3.8) is 0 Å². The molecule has 1 heterocycles. The molecule has 1 aromatic rings. The van der Waals surface area contributed by atoms with Gasteiger partial charge in [0.15, 0.2) is 0 Å². The first kappa shape index (κ1) is 13.9. The Labute approximate surface area is 104 Å². The molecule has 0 saturated heterocycles. The van der Waals surface area contributed by atoms with Crippen molar-refractivity contribution in [3.05, 3.63) is 35.7 Å². The molecule has 0 saturated carbocycles. The Kier molecular flexibility index (Phi) is 5.87. The standard InChI is InChI=1S/C14H22N2O/c1-5-12(8-10-17-4)13-7-6-9-15-14(13)11-16(2)3/h5-7,9H,8,10-11H2,1-4H3/b12-5+. The fraction of sp³-hybridized carbons (Fsp3) is 0.500. The summed E-state index contributed by atoms with van der Waals surface area (Å²) in [5, 5.41) is 0. The number of rotatable bonds is 6. The van der Waals surface area contributed by atoms with Gasteiger partial charge in [-0.3, -0.25) is 4.98 Å². The largest absolute Gasteiger partial charge is 0.384 e. The molecule has 0 aliphatic rings. The smallest absolute Gasteiger partial charge is 0.0618 e. The van der Waals surface area contributed by atoms with Gasteiger partial charge >= 0.3 is 0 Å². The Morgan fingerprint density at radius 3 is 2.82 bits per heavy atom. The van der Waals surface area contributed by atoms with Gasteiger partial charge in [-0.1, -0.05) is 12.1 Å². The summed E-state index contributed by atoms with van der Waals surface area (Å²) in [7, 11) is 5.85. The van der Waals surface area contributed by atoms with E-state index in [1.54, 1.807) is 7.11 Å². The van der Waals surface area contributed by atoms with E-state index in [-0.39, 0.29) is 0 Å². The minimum Gasteiger partial charge on any atom is -0.384 e. The summed E-state index contributed by atoms with van der Waals surface area (Å²) in [4.78, 5) is 6.61. The minimum absolute atomic E-state index is 0.746. The highest BCUT2D eigenvalue weighted by atomic mass is 16.5. The van der Waals surface area contributed by atoms with E-state index in [0.29, 0.717) is 0 Å². The maximum atomic E-state index is 5.14. The van der Waals surface area contributed by atoms with Crippen LogP contribution in [0.15, 0.2) is 24.4 Å². The van der Waals surface area contributed by atoms with Crippen LogP contribution in [0.5, 0.6) is 0 Å². The van der Waals surface area contributed by atoms with E-state index in [9.17, 15) is 0 Å². The Morgan fingerprint density at radius 1 is 1.47 bits per heavy atom. The number of hydrogen-bond acceptors (Lipinski definition) is 3. The topological polar surface area (TPSA) is 25.4 Å². The van der Waals surface area contributed by atoms with Crippen LogP contribution in [0.25, 0.3) is 5.57 Å². The second-order valence-electron chi connectivity index (χ2n) is 4.29. The van der Waals surface area contributed by atoms with E-state index in [1.165, 1.54) is 11.1 Å². The average Bonchev–Trinajstić information content (AvgIpc) is 2.31. The molecular weight excluding hydrogens is 212 g/mol. The normalized spacial score (nSPS) is 12.2. The summed E-state index contributed by atoms with van der Waals surface area (Å²) in [6, 6.07) is 4.13. The van der Waals surface area contributed by atoms with Crippen LogP contribution >= 0.6 is 0 Å². The number of allylic oxidation sites excluding steroid dienone is 1. The maximum absolute atomic E-state index is 5.14. The first-order chi connectivity index (χ1) is 8.19. The maximum Gasteiger partial charge on any atom is 0.0618 e. The number of aromatic nitrogens is 1. The van der Waals surface area contributed by atoms with Gasteiger partial charge in [-0.05, 0) is 39.1 Å². The van der Waals surface area contributed by atoms with Crippen molar-refractivity contribution >= 4 is 5.57 Å². The van der Waals surface area contributed by atoms with Gasteiger partial charge in [0.2, 0.25) is 0 Å². The van der Waals surface area contributed by atoms with E-state index < -0.39 is 0 Å². The third kappa shape index (κ3) is 4.29. The molecule has 0 bridgehead atoms. The summed E-state index contributed by atoms with van der Waals surface area (Å²) < 4.78 is 5.14. The molecule has 0 radical (unpaired) electrons. The molecule has 3 nitrogen and oxygen atoms in total. The van der Waals surface area contributed by atoms with Crippen LogP contribution < -0.4 is 0 Å². The molecule has 0 aromatic carbocycles. The molecule has 0 amide bonds. The lowest BCUT2D eigenvalue weighted by Crippen LogP contribution is -2.13. The molecule has 0 atom stereocenters. The quantitative estimate of drug-likeness (QED) is 0.756. The molecule has 0 spiro atoms. The summed E-state index contributed by atoms with van der Waals surface area (Å²) in [5.41, 5.74) is 3.67.